The van der Waals surface area contributed by atoms with Crippen molar-refractivity contribution in [1.29, 1.82) is 0 Å². The zero-order valence-corrected chi connectivity index (χ0v) is 11.1. The summed E-state index contributed by atoms with van der Waals surface area (Å²) in [6.45, 7) is 0. The first-order valence-electron chi connectivity index (χ1n) is 5.20. The Morgan fingerprint density at radius 3 is 2.58 bits per heavy atom. The van der Waals surface area contributed by atoms with Crippen LogP contribution in [0.15, 0.2) is 17.5 Å². The Balaban J connectivity index is 2.12. The molecule has 0 fully saturated rings. The van der Waals surface area contributed by atoms with Crippen molar-refractivity contribution in [2.45, 2.75) is 12.5 Å². The van der Waals surface area contributed by atoms with Gasteiger partial charge in [0.05, 0.1) is 11.3 Å². The Morgan fingerprint density at radius 1 is 1.26 bits per heavy atom. The number of aliphatic carboxylic acids is 2. The SMILES string of the molecule is O=C(O)CC(NC(=O)c1cc2sccc2s1)C(=O)O. The second-order valence-electron chi connectivity index (χ2n) is 3.72. The van der Waals surface area contributed by atoms with E-state index >= 15 is 0 Å². The summed E-state index contributed by atoms with van der Waals surface area (Å²) in [6.07, 6.45) is -0.652. The van der Waals surface area contributed by atoms with Gasteiger partial charge in [-0.1, -0.05) is 0 Å². The standard InChI is InChI=1S/C11H9NO5S2/c13-9(14)3-5(11(16)17)12-10(15)8-4-7-6(19-8)1-2-18-7/h1-2,4-5H,3H2,(H,12,15)(H,13,14)(H,16,17). The van der Waals surface area contributed by atoms with Crippen LogP contribution in [-0.4, -0.2) is 34.1 Å². The number of rotatable bonds is 5. The van der Waals surface area contributed by atoms with Crippen LogP contribution in [0.25, 0.3) is 9.40 Å². The molecule has 1 atom stereocenters. The van der Waals surface area contributed by atoms with Gasteiger partial charge in [0.2, 0.25) is 0 Å². The molecule has 0 aliphatic heterocycles. The number of carboxylic acids is 2. The van der Waals surface area contributed by atoms with Gasteiger partial charge in [-0.2, -0.15) is 0 Å². The smallest absolute Gasteiger partial charge is 0.326 e. The minimum Gasteiger partial charge on any atom is -0.481 e. The molecule has 0 aliphatic rings. The molecule has 0 spiro atoms. The lowest BCUT2D eigenvalue weighted by Gasteiger charge is -2.11. The average Bonchev–Trinajstić information content (AvgIpc) is 2.86. The van der Waals surface area contributed by atoms with Crippen molar-refractivity contribution in [2.75, 3.05) is 0 Å². The second-order valence-corrected chi connectivity index (χ2v) is 5.75. The van der Waals surface area contributed by atoms with Gasteiger partial charge in [-0.3, -0.25) is 9.59 Å². The molecule has 0 saturated carbocycles. The molecule has 19 heavy (non-hydrogen) atoms. The van der Waals surface area contributed by atoms with Crippen LogP contribution in [-0.2, 0) is 9.59 Å². The van der Waals surface area contributed by atoms with Crippen LogP contribution in [0.4, 0.5) is 0 Å². The number of carbonyl (C=O) groups excluding carboxylic acids is 1. The van der Waals surface area contributed by atoms with E-state index in [0.29, 0.717) is 4.88 Å². The summed E-state index contributed by atoms with van der Waals surface area (Å²) in [5.74, 6) is -3.21. The third kappa shape index (κ3) is 3.09. The van der Waals surface area contributed by atoms with Gasteiger partial charge >= 0.3 is 11.9 Å². The van der Waals surface area contributed by atoms with E-state index in [1.54, 1.807) is 6.07 Å². The molecule has 0 bridgehead atoms. The molecule has 2 aromatic heterocycles. The molecule has 2 rings (SSSR count). The first kappa shape index (κ1) is 13.5. The van der Waals surface area contributed by atoms with E-state index in [4.69, 9.17) is 10.2 Å². The maximum atomic E-state index is 11.9. The van der Waals surface area contributed by atoms with Crippen molar-refractivity contribution >= 4 is 49.9 Å². The molecule has 0 radical (unpaired) electrons. The number of nitrogens with one attached hydrogen (secondary N) is 1. The van der Waals surface area contributed by atoms with Crippen molar-refractivity contribution < 1.29 is 24.6 Å². The zero-order chi connectivity index (χ0) is 14.0. The van der Waals surface area contributed by atoms with Gasteiger partial charge in [0.25, 0.3) is 5.91 Å². The van der Waals surface area contributed by atoms with Gasteiger partial charge in [-0.05, 0) is 17.5 Å². The van der Waals surface area contributed by atoms with Crippen molar-refractivity contribution in [3.05, 3.63) is 22.4 Å². The Hall–Kier alpha value is -1.93. The molecule has 2 heterocycles. The molecule has 3 N–H and O–H groups in total. The number of thiophene rings is 2. The van der Waals surface area contributed by atoms with Crippen LogP contribution < -0.4 is 5.32 Å². The van der Waals surface area contributed by atoms with Crippen LogP contribution >= 0.6 is 22.7 Å². The van der Waals surface area contributed by atoms with Crippen LogP contribution in [0.2, 0.25) is 0 Å². The minimum absolute atomic E-state index is 0.374. The van der Waals surface area contributed by atoms with E-state index in [9.17, 15) is 14.4 Å². The highest BCUT2D eigenvalue weighted by atomic mass is 32.1. The fourth-order valence-corrected chi connectivity index (χ4v) is 3.49. The number of hydrogen-bond acceptors (Lipinski definition) is 5. The Kier molecular flexibility index (Phi) is 3.82. The zero-order valence-electron chi connectivity index (χ0n) is 9.45. The lowest BCUT2D eigenvalue weighted by atomic mass is 10.2. The first-order chi connectivity index (χ1) is 8.97. The molecular formula is C11H9NO5S2. The lowest BCUT2D eigenvalue weighted by Crippen LogP contribution is -2.41. The quantitative estimate of drug-likeness (QED) is 0.778. The summed E-state index contributed by atoms with van der Waals surface area (Å²) in [5, 5.41) is 21.5. The average molecular weight is 299 g/mol. The molecule has 100 valence electrons. The molecular weight excluding hydrogens is 290 g/mol. The first-order valence-corrected chi connectivity index (χ1v) is 6.89. The molecule has 2 aromatic rings. The predicted molar refractivity (Wildman–Crippen MR) is 70.8 cm³/mol. The Morgan fingerprint density at radius 2 is 2.00 bits per heavy atom. The fourth-order valence-electron chi connectivity index (χ4n) is 1.48. The highest BCUT2D eigenvalue weighted by molar-refractivity contribution is 7.27. The monoisotopic (exact) mass is 299 g/mol. The van der Waals surface area contributed by atoms with E-state index in [1.165, 1.54) is 22.7 Å². The van der Waals surface area contributed by atoms with E-state index in [2.05, 4.69) is 5.32 Å². The summed E-state index contributed by atoms with van der Waals surface area (Å²) in [6, 6.07) is 2.11. The number of amides is 1. The number of carboxylic acid groups (broad SMARTS) is 2. The molecule has 0 aromatic carbocycles. The third-order valence-corrected chi connectivity index (χ3v) is 4.44. The van der Waals surface area contributed by atoms with E-state index in [1.807, 2.05) is 11.4 Å². The normalized spacial score (nSPS) is 12.2. The van der Waals surface area contributed by atoms with Crippen LogP contribution in [0.1, 0.15) is 16.1 Å². The van der Waals surface area contributed by atoms with Gasteiger partial charge in [0.1, 0.15) is 6.04 Å². The van der Waals surface area contributed by atoms with Crippen LogP contribution in [0.3, 0.4) is 0 Å². The van der Waals surface area contributed by atoms with E-state index < -0.39 is 30.3 Å². The van der Waals surface area contributed by atoms with Gasteiger partial charge in [-0.15, -0.1) is 22.7 Å². The Labute approximate surface area is 115 Å². The van der Waals surface area contributed by atoms with Crippen molar-refractivity contribution in [3.8, 4) is 0 Å². The molecule has 0 saturated heterocycles. The Bertz CT molecular complexity index is 616. The van der Waals surface area contributed by atoms with E-state index in [0.717, 1.165) is 9.40 Å². The summed E-state index contributed by atoms with van der Waals surface area (Å²) in [7, 11) is 0. The highest BCUT2D eigenvalue weighted by Crippen LogP contribution is 2.29. The molecule has 6 nitrogen and oxygen atoms in total. The lowest BCUT2D eigenvalue weighted by molar-refractivity contribution is -0.145. The fraction of sp³-hybridized carbons (Fsp3) is 0.182. The maximum Gasteiger partial charge on any atom is 0.326 e. The molecule has 8 heteroatoms. The third-order valence-electron chi connectivity index (χ3n) is 2.35. The second kappa shape index (κ2) is 5.37. The summed E-state index contributed by atoms with van der Waals surface area (Å²) in [4.78, 5) is 33.6. The molecule has 1 unspecified atom stereocenters. The van der Waals surface area contributed by atoms with Crippen LogP contribution in [0.5, 0.6) is 0 Å². The summed E-state index contributed by atoms with van der Waals surface area (Å²) in [5.41, 5.74) is 0. The van der Waals surface area contributed by atoms with Crippen molar-refractivity contribution in [3.63, 3.8) is 0 Å². The summed E-state index contributed by atoms with van der Waals surface area (Å²) < 4.78 is 1.89. The van der Waals surface area contributed by atoms with E-state index in [-0.39, 0.29) is 0 Å². The topological polar surface area (TPSA) is 104 Å². The molecule has 1 amide bonds. The maximum absolute atomic E-state index is 11.9. The van der Waals surface area contributed by atoms with Gasteiger partial charge in [0.15, 0.2) is 0 Å². The van der Waals surface area contributed by atoms with Gasteiger partial charge in [-0.25, -0.2) is 4.79 Å². The summed E-state index contributed by atoms with van der Waals surface area (Å²) >= 11 is 2.72. The molecule has 0 aliphatic carbocycles. The number of carbonyl (C=O) groups is 3. The van der Waals surface area contributed by atoms with Crippen LogP contribution in [0, 0.1) is 0 Å². The van der Waals surface area contributed by atoms with Gasteiger partial charge in [0, 0.05) is 9.40 Å². The van der Waals surface area contributed by atoms with Gasteiger partial charge < -0.3 is 15.5 Å². The number of fused-ring (bicyclic) bond motifs is 1. The van der Waals surface area contributed by atoms with Crippen molar-refractivity contribution in [2.24, 2.45) is 0 Å². The number of hydrogen-bond donors (Lipinski definition) is 3. The minimum atomic E-state index is -1.43. The largest absolute Gasteiger partial charge is 0.481 e. The highest BCUT2D eigenvalue weighted by Gasteiger charge is 2.24. The predicted octanol–water partition coefficient (Wildman–Crippen LogP) is 1.62. The van der Waals surface area contributed by atoms with Crippen molar-refractivity contribution in [1.82, 2.24) is 5.32 Å².